The maximum Gasteiger partial charge on any atom is 0.254 e. The zero-order valence-corrected chi connectivity index (χ0v) is 34.7. The number of nitrogens with zero attached hydrogens (tertiary/aromatic N) is 6. The number of β-amino-alcohol motifs (C(OH)–C–C–N with tert-alkyl or cyclic N) is 1. The number of fused-ring (bicyclic) bond motifs is 1. The molecule has 4 aromatic heterocycles. The third-order valence-corrected chi connectivity index (χ3v) is 12.7. The van der Waals surface area contributed by atoms with Gasteiger partial charge in [0, 0.05) is 54.7 Å². The molecular formula is C44H50N8O6S. The highest BCUT2D eigenvalue weighted by Gasteiger charge is 2.43. The molecule has 8 rings (SSSR count). The van der Waals surface area contributed by atoms with Gasteiger partial charge in [-0.2, -0.15) is 0 Å². The molecule has 4 N–H and O–H groups in total. The molecule has 0 spiro atoms. The van der Waals surface area contributed by atoms with E-state index in [1.54, 1.807) is 29.5 Å². The third kappa shape index (κ3) is 8.32. The average molecular weight is 819 g/mol. The van der Waals surface area contributed by atoms with Crippen molar-refractivity contribution < 1.29 is 29.1 Å². The van der Waals surface area contributed by atoms with Gasteiger partial charge < -0.3 is 34.7 Å². The minimum Gasteiger partial charge on any atom is -0.507 e. The molecule has 2 amide bonds. The molecule has 2 fully saturated rings. The second kappa shape index (κ2) is 16.9. The molecule has 5 atom stereocenters. The number of hydrogen-bond donors (Lipinski definition) is 4. The van der Waals surface area contributed by atoms with E-state index in [1.807, 2.05) is 75.7 Å². The van der Waals surface area contributed by atoms with Crippen LogP contribution in [0.4, 0.5) is 0 Å². The van der Waals surface area contributed by atoms with Gasteiger partial charge in [0.2, 0.25) is 11.8 Å². The van der Waals surface area contributed by atoms with Crippen LogP contribution in [0.25, 0.3) is 32.7 Å². The number of aromatic amines is 1. The number of rotatable bonds is 13. The highest BCUT2D eigenvalue weighted by molar-refractivity contribution is 7.13. The number of para-hydroxylation sites is 1. The predicted octanol–water partition coefficient (Wildman–Crippen LogP) is 6.51. The molecule has 2 saturated heterocycles. The van der Waals surface area contributed by atoms with Crippen molar-refractivity contribution in [3.05, 3.63) is 94.4 Å². The maximum absolute atomic E-state index is 14.2. The molecule has 0 unspecified atom stereocenters. The molecule has 2 aliphatic rings. The van der Waals surface area contributed by atoms with Crippen molar-refractivity contribution in [1.29, 1.82) is 0 Å². The molecule has 2 aromatic carbocycles. The SMILES string of the molecule is Cc1ncsc1-c1ccc([C@H](C)NC(=O)[C@@H]2C[C@@H](O)CN2C(=O)[C@@H](c2cc(OCCN3CC[C@H](c4[nH]c5nnc(-c6ccccc6O)cc5c4C)C3)no2)C(C)C)cc1. The van der Waals surface area contributed by atoms with Crippen molar-refractivity contribution in [2.75, 3.05) is 32.8 Å². The van der Waals surface area contributed by atoms with Crippen molar-refractivity contribution >= 4 is 34.2 Å². The summed E-state index contributed by atoms with van der Waals surface area (Å²) in [5.74, 6) is -0.409. The first-order valence-corrected chi connectivity index (χ1v) is 21.1. The van der Waals surface area contributed by atoms with E-state index < -0.39 is 18.1 Å². The molecule has 15 heteroatoms. The van der Waals surface area contributed by atoms with Crippen molar-refractivity contribution in [3.63, 3.8) is 0 Å². The van der Waals surface area contributed by atoms with Crippen LogP contribution in [0.1, 0.15) is 79.8 Å². The monoisotopic (exact) mass is 818 g/mol. The van der Waals surface area contributed by atoms with Crippen LogP contribution in [0.15, 0.2) is 70.7 Å². The number of likely N-dealkylation sites (tertiary alicyclic amines) is 2. The number of thiazole rings is 1. The Kier molecular flexibility index (Phi) is 11.5. The summed E-state index contributed by atoms with van der Waals surface area (Å²) >= 11 is 1.59. The highest BCUT2D eigenvalue weighted by atomic mass is 32.1. The number of carbonyl (C=O) groups is 2. The van der Waals surface area contributed by atoms with E-state index in [1.165, 1.54) is 4.90 Å². The van der Waals surface area contributed by atoms with Crippen LogP contribution >= 0.6 is 11.3 Å². The van der Waals surface area contributed by atoms with Gasteiger partial charge in [-0.25, -0.2) is 4.98 Å². The summed E-state index contributed by atoms with van der Waals surface area (Å²) in [6.07, 6.45) is 0.300. The second-order valence-electron chi connectivity index (χ2n) is 16.1. The highest BCUT2D eigenvalue weighted by Crippen LogP contribution is 2.36. The Balaban J connectivity index is 0.859. The Morgan fingerprint density at radius 2 is 1.86 bits per heavy atom. The Morgan fingerprint density at radius 3 is 2.61 bits per heavy atom. The quantitative estimate of drug-likeness (QED) is 0.0998. The fraction of sp³-hybridized carbons (Fsp3) is 0.409. The van der Waals surface area contributed by atoms with Crippen LogP contribution in [0.3, 0.4) is 0 Å². The van der Waals surface area contributed by atoms with Gasteiger partial charge >= 0.3 is 0 Å². The van der Waals surface area contributed by atoms with Crippen molar-refractivity contribution in [1.82, 2.24) is 40.4 Å². The minimum absolute atomic E-state index is 0.0520. The van der Waals surface area contributed by atoms with E-state index in [-0.39, 0.29) is 48.4 Å². The molecule has 6 heterocycles. The number of carbonyl (C=O) groups excluding carboxylic acids is 2. The molecule has 0 bridgehead atoms. The van der Waals surface area contributed by atoms with E-state index in [2.05, 4.69) is 42.5 Å². The zero-order chi connectivity index (χ0) is 41.4. The van der Waals surface area contributed by atoms with Crippen molar-refractivity contribution in [3.8, 4) is 33.3 Å². The van der Waals surface area contributed by atoms with E-state index in [9.17, 15) is 19.8 Å². The van der Waals surface area contributed by atoms with Crippen LogP contribution in [0, 0.1) is 19.8 Å². The molecule has 0 radical (unpaired) electrons. The van der Waals surface area contributed by atoms with Gasteiger partial charge in [0.25, 0.3) is 5.88 Å². The summed E-state index contributed by atoms with van der Waals surface area (Å²) in [5, 5.41) is 38.0. The number of phenolic OH excluding ortho intramolecular Hbond substituents is 1. The Labute approximate surface area is 346 Å². The van der Waals surface area contributed by atoms with Crippen LogP contribution in [-0.4, -0.2) is 102 Å². The summed E-state index contributed by atoms with van der Waals surface area (Å²) in [5.41, 5.74) is 9.09. The van der Waals surface area contributed by atoms with Gasteiger partial charge in [0.15, 0.2) is 11.4 Å². The summed E-state index contributed by atoms with van der Waals surface area (Å²) in [4.78, 5) is 40.6. The van der Waals surface area contributed by atoms with Crippen LogP contribution in [0.5, 0.6) is 11.6 Å². The Morgan fingerprint density at radius 1 is 1.07 bits per heavy atom. The molecule has 0 aliphatic carbocycles. The van der Waals surface area contributed by atoms with Crippen LogP contribution in [0.2, 0.25) is 0 Å². The maximum atomic E-state index is 14.2. The van der Waals surface area contributed by atoms with Gasteiger partial charge in [0.1, 0.15) is 24.3 Å². The second-order valence-corrected chi connectivity index (χ2v) is 17.0. The first kappa shape index (κ1) is 40.2. The lowest BCUT2D eigenvalue weighted by molar-refractivity contribution is -0.141. The number of aromatic hydroxyl groups is 1. The standard InChI is InChI=1S/C44H50N8O6S/c1-24(2)39(44(56)52-22-31(53)18-35(52)43(55)46-26(4)28-10-12-29(13-11-28)41-27(5)45-23-59-41)37-20-38(50-58-37)57-17-16-51-15-14-30(21-51)40-25(3)33-19-34(48-49-42(33)47-40)32-8-6-7-9-36(32)54/h6-13,19-20,23-24,26,30-31,35,39,53-54H,14-18,21-22H2,1-5H3,(H,46,55)(H,47,49)/t26-,30-,31+,35-,39+/m0/s1. The fourth-order valence-electron chi connectivity index (χ4n) is 8.52. The van der Waals surface area contributed by atoms with Crippen LogP contribution in [-0.2, 0) is 9.59 Å². The first-order valence-electron chi connectivity index (χ1n) is 20.2. The van der Waals surface area contributed by atoms with E-state index in [0.29, 0.717) is 36.0 Å². The summed E-state index contributed by atoms with van der Waals surface area (Å²) in [6, 6.07) is 17.7. The molecule has 0 saturated carbocycles. The lowest BCUT2D eigenvalue weighted by Crippen LogP contribution is -2.48. The number of aromatic nitrogens is 5. The average Bonchev–Trinajstić information content (AvgIpc) is 4.08. The normalized spacial score (nSPS) is 19.4. The number of ether oxygens (including phenoxy) is 1. The number of phenols is 1. The molecule has 59 heavy (non-hydrogen) atoms. The molecule has 308 valence electrons. The molecular weight excluding hydrogens is 769 g/mol. The number of nitrogens with one attached hydrogen (secondary N) is 2. The minimum atomic E-state index is -0.828. The first-order chi connectivity index (χ1) is 28.4. The number of hydrogen-bond acceptors (Lipinski definition) is 12. The molecule has 14 nitrogen and oxygen atoms in total. The van der Waals surface area contributed by atoms with Gasteiger partial charge in [-0.05, 0) is 79.7 Å². The summed E-state index contributed by atoms with van der Waals surface area (Å²) < 4.78 is 11.7. The van der Waals surface area contributed by atoms with Gasteiger partial charge in [-0.15, -0.1) is 21.5 Å². The number of amides is 2. The third-order valence-electron chi connectivity index (χ3n) is 11.8. The lowest BCUT2D eigenvalue weighted by Gasteiger charge is -2.29. The molecule has 2 aliphatic heterocycles. The smallest absolute Gasteiger partial charge is 0.254 e. The van der Waals surface area contributed by atoms with E-state index >= 15 is 0 Å². The van der Waals surface area contributed by atoms with Crippen molar-refractivity contribution in [2.24, 2.45) is 5.92 Å². The fourth-order valence-corrected chi connectivity index (χ4v) is 9.33. The predicted molar refractivity (Wildman–Crippen MR) is 224 cm³/mol. The van der Waals surface area contributed by atoms with Gasteiger partial charge in [-0.3, -0.25) is 14.5 Å². The largest absolute Gasteiger partial charge is 0.507 e. The number of aliphatic hydroxyl groups is 1. The van der Waals surface area contributed by atoms with Gasteiger partial charge in [-0.1, -0.05) is 50.2 Å². The zero-order valence-electron chi connectivity index (χ0n) is 33.9. The number of aliphatic hydroxyl groups excluding tert-OH is 1. The lowest BCUT2D eigenvalue weighted by atomic mass is 9.91. The van der Waals surface area contributed by atoms with Gasteiger partial charge in [0.05, 0.1) is 33.9 Å². The van der Waals surface area contributed by atoms with Crippen molar-refractivity contribution in [2.45, 2.75) is 77.5 Å². The van der Waals surface area contributed by atoms with E-state index in [4.69, 9.17) is 9.26 Å². The molecule has 6 aromatic rings. The van der Waals surface area contributed by atoms with Crippen LogP contribution < -0.4 is 10.1 Å². The Bertz CT molecular complexity index is 2440. The summed E-state index contributed by atoms with van der Waals surface area (Å²) in [7, 11) is 0. The number of aryl methyl sites for hydroxylation is 2. The number of H-pyrrole nitrogens is 1. The number of benzene rings is 2. The summed E-state index contributed by atoms with van der Waals surface area (Å²) in [6.45, 7) is 12.7. The Hall–Kier alpha value is -5.64. The topological polar surface area (TPSA) is 183 Å². The van der Waals surface area contributed by atoms with E-state index in [0.717, 1.165) is 63.5 Å².